The predicted octanol–water partition coefficient (Wildman–Crippen LogP) is 4.28. The van der Waals surface area contributed by atoms with E-state index < -0.39 is 12.7 Å². The van der Waals surface area contributed by atoms with Crippen LogP contribution in [0.4, 0.5) is 19.1 Å². The maximum absolute atomic E-state index is 13.1. The van der Waals surface area contributed by atoms with Crippen LogP contribution in [0.15, 0.2) is 23.4 Å². The Morgan fingerprint density at radius 1 is 1.12 bits per heavy atom. The molecule has 11 heteroatoms. The Labute approximate surface area is 162 Å². The van der Waals surface area contributed by atoms with E-state index in [1.165, 1.54) is 0 Å². The lowest BCUT2D eigenvalue weighted by atomic mass is 10.2. The predicted molar refractivity (Wildman–Crippen MR) is 95.1 cm³/mol. The smallest absolute Gasteiger partial charge is 0.378 e. The molecule has 1 fully saturated rings. The first-order valence-electron chi connectivity index (χ1n) is 7.73. The molecule has 0 spiro atoms. The van der Waals surface area contributed by atoms with Crippen LogP contribution >= 0.6 is 35.0 Å². The van der Waals surface area contributed by atoms with Gasteiger partial charge in [0.15, 0.2) is 5.16 Å². The van der Waals surface area contributed by atoms with E-state index in [9.17, 15) is 13.2 Å². The summed E-state index contributed by atoms with van der Waals surface area (Å²) in [7, 11) is 0. The number of benzene rings is 1. The van der Waals surface area contributed by atoms with Gasteiger partial charge in [-0.05, 0) is 17.7 Å². The molecule has 26 heavy (non-hydrogen) atoms. The van der Waals surface area contributed by atoms with Crippen LogP contribution in [0.25, 0.3) is 0 Å². The van der Waals surface area contributed by atoms with Crippen molar-refractivity contribution in [2.45, 2.75) is 23.6 Å². The summed E-state index contributed by atoms with van der Waals surface area (Å²) in [5.74, 6) is 0.482. The molecule has 1 aromatic carbocycles. The van der Waals surface area contributed by atoms with Gasteiger partial charge in [-0.15, -0.1) is 10.2 Å². The average Bonchev–Trinajstić information content (AvgIpc) is 2.96. The molecule has 5 nitrogen and oxygen atoms in total. The maximum atomic E-state index is 13.1. The Bertz CT molecular complexity index is 746. The van der Waals surface area contributed by atoms with Crippen LogP contribution in [-0.4, -0.2) is 47.2 Å². The zero-order chi connectivity index (χ0) is 18.7. The topological polar surface area (TPSA) is 43.2 Å². The van der Waals surface area contributed by atoms with Crippen molar-refractivity contribution in [2.75, 3.05) is 31.2 Å². The van der Waals surface area contributed by atoms with Gasteiger partial charge in [0.05, 0.1) is 13.2 Å². The highest BCUT2D eigenvalue weighted by Crippen LogP contribution is 2.33. The molecule has 0 bridgehead atoms. The minimum atomic E-state index is -4.39. The second kappa shape index (κ2) is 8.24. The van der Waals surface area contributed by atoms with Crippen molar-refractivity contribution in [1.82, 2.24) is 14.8 Å². The Morgan fingerprint density at radius 2 is 1.77 bits per heavy atom. The lowest BCUT2D eigenvalue weighted by Crippen LogP contribution is -2.38. The summed E-state index contributed by atoms with van der Waals surface area (Å²) >= 11 is 13.4. The van der Waals surface area contributed by atoms with Gasteiger partial charge in [-0.2, -0.15) is 13.2 Å². The number of anilines is 1. The van der Waals surface area contributed by atoms with Gasteiger partial charge >= 0.3 is 6.18 Å². The number of hydrogen-bond acceptors (Lipinski definition) is 5. The Balaban J connectivity index is 1.85. The molecule has 0 atom stereocenters. The number of nitrogens with zero attached hydrogens (tertiary/aromatic N) is 4. The van der Waals surface area contributed by atoms with E-state index in [4.69, 9.17) is 27.9 Å². The molecule has 0 saturated carbocycles. The number of rotatable bonds is 5. The van der Waals surface area contributed by atoms with Crippen molar-refractivity contribution in [3.8, 4) is 0 Å². The van der Waals surface area contributed by atoms with Gasteiger partial charge in [0.2, 0.25) is 5.95 Å². The van der Waals surface area contributed by atoms with Gasteiger partial charge in [-0.25, -0.2) is 0 Å². The van der Waals surface area contributed by atoms with Crippen LogP contribution in [0.5, 0.6) is 0 Å². The van der Waals surface area contributed by atoms with Gasteiger partial charge in [-0.3, -0.25) is 4.57 Å². The van der Waals surface area contributed by atoms with Crippen LogP contribution in [-0.2, 0) is 17.0 Å². The molecule has 1 saturated heterocycles. The van der Waals surface area contributed by atoms with Crippen molar-refractivity contribution in [1.29, 1.82) is 0 Å². The lowest BCUT2D eigenvalue weighted by Gasteiger charge is -2.28. The first kappa shape index (κ1) is 19.6. The monoisotopic (exact) mass is 426 g/mol. The van der Waals surface area contributed by atoms with Gasteiger partial charge < -0.3 is 9.64 Å². The van der Waals surface area contributed by atoms with Crippen LogP contribution < -0.4 is 4.90 Å². The minimum absolute atomic E-state index is 0.166. The normalized spacial score (nSPS) is 15.5. The van der Waals surface area contributed by atoms with Crippen LogP contribution in [0.3, 0.4) is 0 Å². The van der Waals surface area contributed by atoms with Crippen LogP contribution in [0.1, 0.15) is 5.56 Å². The van der Waals surface area contributed by atoms with Gasteiger partial charge in [0, 0.05) is 28.9 Å². The lowest BCUT2D eigenvalue weighted by molar-refractivity contribution is -0.141. The molecule has 1 aliphatic heterocycles. The average molecular weight is 427 g/mol. The number of hydrogen-bond donors (Lipinski definition) is 0. The molecule has 2 heterocycles. The van der Waals surface area contributed by atoms with Crippen LogP contribution in [0, 0.1) is 0 Å². The van der Waals surface area contributed by atoms with E-state index in [-0.39, 0.29) is 16.9 Å². The molecule has 3 rings (SSSR count). The van der Waals surface area contributed by atoms with Crippen molar-refractivity contribution >= 4 is 40.9 Å². The molecule has 1 aromatic heterocycles. The molecule has 142 valence electrons. The summed E-state index contributed by atoms with van der Waals surface area (Å²) < 4.78 is 45.5. The highest BCUT2D eigenvalue weighted by Gasteiger charge is 2.32. The number of ether oxygens (including phenoxy) is 1. The van der Waals surface area contributed by atoms with Crippen molar-refractivity contribution < 1.29 is 17.9 Å². The zero-order valence-electron chi connectivity index (χ0n) is 13.5. The zero-order valence-corrected chi connectivity index (χ0v) is 15.8. The molecule has 2 aromatic rings. The van der Waals surface area contributed by atoms with Gasteiger partial charge in [0.25, 0.3) is 0 Å². The Hall–Kier alpha value is -1.16. The van der Waals surface area contributed by atoms with Crippen molar-refractivity contribution in [3.05, 3.63) is 33.8 Å². The summed E-state index contributed by atoms with van der Waals surface area (Å²) in [4.78, 5) is 1.74. The third kappa shape index (κ3) is 4.76. The highest BCUT2D eigenvalue weighted by molar-refractivity contribution is 7.98. The molecule has 0 amide bonds. The van der Waals surface area contributed by atoms with Crippen LogP contribution in [0.2, 0.25) is 10.0 Å². The molecular formula is C15H15Cl2F3N4OS. The highest BCUT2D eigenvalue weighted by atomic mass is 35.5. The fourth-order valence-corrected chi connectivity index (χ4v) is 4.18. The molecule has 0 radical (unpaired) electrons. The quantitative estimate of drug-likeness (QED) is 0.667. The molecule has 0 unspecified atom stereocenters. The van der Waals surface area contributed by atoms with E-state index in [1.807, 2.05) is 0 Å². The second-order valence-corrected chi connectivity index (χ2v) is 7.33. The fraction of sp³-hybridized carbons (Fsp3) is 0.467. The number of alkyl halides is 3. The number of aromatic nitrogens is 3. The second-order valence-electron chi connectivity index (χ2n) is 5.57. The largest absolute Gasteiger partial charge is 0.406 e. The molecule has 0 N–H and O–H groups in total. The van der Waals surface area contributed by atoms with Gasteiger partial charge in [-0.1, -0.05) is 41.0 Å². The minimum Gasteiger partial charge on any atom is -0.378 e. The number of halogens is 5. The van der Waals surface area contributed by atoms with E-state index in [1.54, 1.807) is 23.1 Å². The Kier molecular flexibility index (Phi) is 6.21. The summed E-state index contributed by atoms with van der Waals surface area (Å²) in [6.45, 7) is 0.659. The number of morpholine rings is 1. The summed E-state index contributed by atoms with van der Waals surface area (Å²) in [5, 5.41) is 9.02. The fourth-order valence-electron chi connectivity index (χ4n) is 2.51. The molecular weight excluding hydrogens is 412 g/mol. The third-order valence-electron chi connectivity index (χ3n) is 3.74. The third-order valence-corrected chi connectivity index (χ3v) is 5.44. The van der Waals surface area contributed by atoms with Crippen molar-refractivity contribution in [2.24, 2.45) is 0 Å². The molecule has 0 aliphatic carbocycles. The van der Waals surface area contributed by atoms with E-state index in [2.05, 4.69) is 10.2 Å². The van der Waals surface area contributed by atoms with Gasteiger partial charge in [0.1, 0.15) is 6.54 Å². The summed E-state index contributed by atoms with van der Waals surface area (Å²) in [6, 6.07) is 5.08. The Morgan fingerprint density at radius 3 is 2.38 bits per heavy atom. The standard InChI is InChI=1S/C15H15Cl2F3N4OS/c16-11-2-1-3-12(17)10(11)8-26-14-22-21-13(23-4-6-25-7-5-23)24(14)9-15(18,19)20/h1-3H,4-9H2. The van der Waals surface area contributed by atoms with E-state index in [0.29, 0.717) is 41.9 Å². The number of thioether (sulfide) groups is 1. The maximum Gasteiger partial charge on any atom is 0.406 e. The SMILES string of the molecule is FC(F)(F)Cn1c(SCc2c(Cl)cccc2Cl)nnc1N1CCOCC1. The van der Waals surface area contributed by atoms with E-state index in [0.717, 1.165) is 16.3 Å². The first-order valence-corrected chi connectivity index (χ1v) is 9.47. The summed E-state index contributed by atoms with van der Waals surface area (Å²) in [6.07, 6.45) is -4.39. The first-order chi connectivity index (χ1) is 12.3. The summed E-state index contributed by atoms with van der Waals surface area (Å²) in [5.41, 5.74) is 0.648. The molecule has 1 aliphatic rings. The van der Waals surface area contributed by atoms with E-state index >= 15 is 0 Å². The van der Waals surface area contributed by atoms with Crippen molar-refractivity contribution in [3.63, 3.8) is 0 Å².